The Kier molecular flexibility index (Phi) is 3.15. The average Bonchev–Trinajstić information content (AvgIpc) is 2.71. The van der Waals surface area contributed by atoms with Gasteiger partial charge in [-0.25, -0.2) is 4.98 Å². The van der Waals surface area contributed by atoms with Crippen LogP contribution in [-0.4, -0.2) is 15.3 Å². The highest BCUT2D eigenvalue weighted by atomic mass is 35.5. The number of hydrogen-bond acceptors (Lipinski definition) is 3. The van der Waals surface area contributed by atoms with E-state index in [1.165, 1.54) is 11.1 Å². The van der Waals surface area contributed by atoms with Crippen LogP contribution < -0.4 is 5.32 Å². The van der Waals surface area contributed by atoms with E-state index in [9.17, 15) is 0 Å². The third-order valence-corrected chi connectivity index (χ3v) is 3.94. The molecule has 1 aromatic heterocycles. The molecule has 2 atom stereocenters. The summed E-state index contributed by atoms with van der Waals surface area (Å²) in [6.07, 6.45) is 2.68. The molecule has 0 saturated carbocycles. The van der Waals surface area contributed by atoms with Gasteiger partial charge in [-0.3, -0.25) is 4.98 Å². The van der Waals surface area contributed by atoms with E-state index >= 15 is 0 Å². The SMILES string of the molecule is Cc1cnc(C)c(NC2c3ccccc3CC2Cl)n1. The molecule has 0 saturated heterocycles. The van der Waals surface area contributed by atoms with Crippen molar-refractivity contribution in [1.82, 2.24) is 9.97 Å². The van der Waals surface area contributed by atoms with Crippen LogP contribution in [0.1, 0.15) is 28.6 Å². The van der Waals surface area contributed by atoms with Gasteiger partial charge in [0.2, 0.25) is 0 Å². The Hall–Kier alpha value is -1.61. The molecule has 2 unspecified atom stereocenters. The lowest BCUT2D eigenvalue weighted by molar-refractivity contribution is 0.762. The number of alkyl halides is 1. The maximum Gasteiger partial charge on any atom is 0.148 e. The van der Waals surface area contributed by atoms with Crippen LogP contribution in [0.3, 0.4) is 0 Å². The van der Waals surface area contributed by atoms with E-state index in [4.69, 9.17) is 11.6 Å². The van der Waals surface area contributed by atoms with Gasteiger partial charge in [0.25, 0.3) is 0 Å². The van der Waals surface area contributed by atoms with Gasteiger partial charge in [0.05, 0.1) is 22.8 Å². The van der Waals surface area contributed by atoms with Gasteiger partial charge in [-0.05, 0) is 31.4 Å². The standard InChI is InChI=1S/C15H16ClN3/c1-9-8-17-10(2)15(18-9)19-14-12-6-4-3-5-11(12)7-13(14)16/h3-6,8,13-14H,7H2,1-2H3,(H,18,19). The van der Waals surface area contributed by atoms with Crippen molar-refractivity contribution >= 4 is 17.4 Å². The highest BCUT2D eigenvalue weighted by Crippen LogP contribution is 2.37. The van der Waals surface area contributed by atoms with Crippen LogP contribution in [0, 0.1) is 13.8 Å². The van der Waals surface area contributed by atoms with Gasteiger partial charge in [0.15, 0.2) is 0 Å². The summed E-state index contributed by atoms with van der Waals surface area (Å²) in [5.41, 5.74) is 4.40. The molecule has 1 aromatic carbocycles. The quantitative estimate of drug-likeness (QED) is 0.852. The van der Waals surface area contributed by atoms with Crippen LogP contribution >= 0.6 is 11.6 Å². The molecule has 1 heterocycles. The molecule has 0 radical (unpaired) electrons. The number of halogens is 1. The molecular formula is C15H16ClN3. The number of anilines is 1. The Morgan fingerprint density at radius 2 is 2.05 bits per heavy atom. The summed E-state index contributed by atoms with van der Waals surface area (Å²) < 4.78 is 0. The number of benzene rings is 1. The van der Waals surface area contributed by atoms with Crippen molar-refractivity contribution < 1.29 is 0 Å². The molecule has 0 amide bonds. The van der Waals surface area contributed by atoms with E-state index in [0.717, 1.165) is 23.6 Å². The molecule has 1 aliphatic carbocycles. The minimum Gasteiger partial charge on any atom is -0.360 e. The number of hydrogen-bond donors (Lipinski definition) is 1. The molecule has 1 aliphatic rings. The Balaban J connectivity index is 1.93. The summed E-state index contributed by atoms with van der Waals surface area (Å²) in [5.74, 6) is 0.826. The van der Waals surface area contributed by atoms with Crippen LogP contribution in [0.25, 0.3) is 0 Å². The fourth-order valence-electron chi connectivity index (χ4n) is 2.54. The monoisotopic (exact) mass is 273 g/mol. The van der Waals surface area contributed by atoms with E-state index < -0.39 is 0 Å². The summed E-state index contributed by atoms with van der Waals surface area (Å²) in [4.78, 5) is 8.84. The molecule has 3 nitrogen and oxygen atoms in total. The van der Waals surface area contributed by atoms with Crippen molar-refractivity contribution in [3.8, 4) is 0 Å². The molecule has 1 N–H and O–H groups in total. The van der Waals surface area contributed by atoms with Crippen LogP contribution in [0.5, 0.6) is 0 Å². The first-order chi connectivity index (χ1) is 9.15. The Bertz CT molecular complexity index is 612. The first kappa shape index (κ1) is 12.4. The molecule has 2 aromatic rings. The summed E-state index contributed by atoms with van der Waals surface area (Å²) in [7, 11) is 0. The van der Waals surface area contributed by atoms with E-state index in [1.807, 2.05) is 13.8 Å². The third-order valence-electron chi connectivity index (χ3n) is 3.53. The molecular weight excluding hydrogens is 258 g/mol. The zero-order valence-corrected chi connectivity index (χ0v) is 11.8. The maximum absolute atomic E-state index is 6.47. The number of aromatic nitrogens is 2. The Labute approximate surface area is 118 Å². The average molecular weight is 274 g/mol. The fourth-order valence-corrected chi connectivity index (χ4v) is 2.90. The Morgan fingerprint density at radius 1 is 1.26 bits per heavy atom. The largest absolute Gasteiger partial charge is 0.360 e. The number of nitrogens with zero attached hydrogens (tertiary/aromatic N) is 2. The topological polar surface area (TPSA) is 37.8 Å². The number of nitrogens with one attached hydrogen (secondary N) is 1. The number of rotatable bonds is 2. The number of fused-ring (bicyclic) bond motifs is 1. The zero-order valence-electron chi connectivity index (χ0n) is 11.0. The van der Waals surface area contributed by atoms with Crippen molar-refractivity contribution in [2.75, 3.05) is 5.32 Å². The predicted molar refractivity (Wildman–Crippen MR) is 77.7 cm³/mol. The van der Waals surface area contributed by atoms with Crippen molar-refractivity contribution in [1.29, 1.82) is 0 Å². The molecule has 3 rings (SSSR count). The molecule has 0 fully saturated rings. The minimum atomic E-state index is 0.0547. The molecule has 98 valence electrons. The Morgan fingerprint density at radius 3 is 2.89 bits per heavy atom. The summed E-state index contributed by atoms with van der Waals surface area (Å²) in [6, 6.07) is 8.49. The van der Waals surface area contributed by atoms with Gasteiger partial charge >= 0.3 is 0 Å². The van der Waals surface area contributed by atoms with Gasteiger partial charge in [-0.1, -0.05) is 24.3 Å². The summed E-state index contributed by atoms with van der Waals surface area (Å²) in [6.45, 7) is 3.90. The van der Waals surface area contributed by atoms with Gasteiger partial charge in [0, 0.05) is 6.20 Å². The summed E-state index contributed by atoms with van der Waals surface area (Å²) >= 11 is 6.47. The van der Waals surface area contributed by atoms with Crippen molar-refractivity contribution in [3.05, 3.63) is 53.0 Å². The second-order valence-electron chi connectivity index (χ2n) is 4.99. The second kappa shape index (κ2) is 4.82. The molecule has 0 aliphatic heterocycles. The van der Waals surface area contributed by atoms with Gasteiger partial charge in [-0.15, -0.1) is 11.6 Å². The lowest BCUT2D eigenvalue weighted by Gasteiger charge is -2.19. The van der Waals surface area contributed by atoms with Crippen LogP contribution in [0.15, 0.2) is 30.5 Å². The first-order valence-corrected chi connectivity index (χ1v) is 6.87. The summed E-state index contributed by atoms with van der Waals surface area (Å²) in [5, 5.41) is 3.51. The maximum atomic E-state index is 6.47. The molecule has 19 heavy (non-hydrogen) atoms. The van der Waals surface area contributed by atoms with E-state index in [0.29, 0.717) is 0 Å². The van der Waals surface area contributed by atoms with Gasteiger partial charge in [0.1, 0.15) is 5.82 Å². The second-order valence-corrected chi connectivity index (χ2v) is 5.55. The van der Waals surface area contributed by atoms with E-state index in [2.05, 4.69) is 39.6 Å². The van der Waals surface area contributed by atoms with Crippen LogP contribution in [0.2, 0.25) is 0 Å². The van der Waals surface area contributed by atoms with Crippen LogP contribution in [-0.2, 0) is 6.42 Å². The highest BCUT2D eigenvalue weighted by molar-refractivity contribution is 6.21. The predicted octanol–water partition coefficient (Wildman–Crippen LogP) is 3.41. The van der Waals surface area contributed by atoms with Crippen molar-refractivity contribution in [2.45, 2.75) is 31.7 Å². The minimum absolute atomic E-state index is 0.0547. The van der Waals surface area contributed by atoms with Crippen molar-refractivity contribution in [3.63, 3.8) is 0 Å². The zero-order chi connectivity index (χ0) is 13.4. The highest BCUT2D eigenvalue weighted by Gasteiger charge is 2.31. The van der Waals surface area contributed by atoms with E-state index in [1.54, 1.807) is 6.20 Å². The van der Waals surface area contributed by atoms with Gasteiger partial charge < -0.3 is 5.32 Å². The fraction of sp³-hybridized carbons (Fsp3) is 0.333. The molecule has 4 heteroatoms. The lowest BCUT2D eigenvalue weighted by Crippen LogP contribution is -2.18. The van der Waals surface area contributed by atoms with E-state index in [-0.39, 0.29) is 11.4 Å². The molecule has 0 bridgehead atoms. The van der Waals surface area contributed by atoms with Gasteiger partial charge in [-0.2, -0.15) is 0 Å². The number of aryl methyl sites for hydroxylation is 2. The lowest BCUT2D eigenvalue weighted by atomic mass is 10.1. The smallest absolute Gasteiger partial charge is 0.148 e. The normalized spacial score (nSPS) is 21.2. The van der Waals surface area contributed by atoms with Crippen LogP contribution in [0.4, 0.5) is 5.82 Å². The third kappa shape index (κ3) is 2.30. The first-order valence-electron chi connectivity index (χ1n) is 6.44. The molecule has 0 spiro atoms. The van der Waals surface area contributed by atoms with Crippen molar-refractivity contribution in [2.24, 2.45) is 0 Å².